The lowest BCUT2D eigenvalue weighted by Crippen LogP contribution is -2.37. The van der Waals surface area contributed by atoms with Gasteiger partial charge in [0.2, 0.25) is 0 Å². The molecule has 0 unspecified atom stereocenters. The van der Waals surface area contributed by atoms with Crippen molar-refractivity contribution < 1.29 is 23.9 Å². The first-order chi connectivity index (χ1) is 18.2. The van der Waals surface area contributed by atoms with Gasteiger partial charge in [-0.3, -0.25) is 19.7 Å². The maximum absolute atomic E-state index is 12.9. The molecule has 1 amide bonds. The number of esters is 2. The van der Waals surface area contributed by atoms with Crippen LogP contribution in [0.3, 0.4) is 0 Å². The molecule has 1 saturated heterocycles. The smallest absolute Gasteiger partial charge is 0.309 e. The zero-order valence-corrected chi connectivity index (χ0v) is 23.0. The number of hydrogen-bond acceptors (Lipinski definition) is 10. The van der Waals surface area contributed by atoms with E-state index < -0.39 is 11.9 Å². The highest BCUT2D eigenvalue weighted by Crippen LogP contribution is 2.35. The number of rotatable bonds is 8. The maximum Gasteiger partial charge on any atom is 0.309 e. The molecule has 2 aromatic heterocycles. The number of piperidine rings is 1. The van der Waals surface area contributed by atoms with Crippen molar-refractivity contribution in [3.8, 4) is 11.3 Å². The third-order valence-electron chi connectivity index (χ3n) is 5.77. The molecule has 0 aliphatic carbocycles. The van der Waals surface area contributed by atoms with E-state index in [-0.39, 0.29) is 29.3 Å². The number of hydrogen-bond donors (Lipinski definition) is 1. The van der Waals surface area contributed by atoms with Crippen molar-refractivity contribution in [3.63, 3.8) is 0 Å². The minimum atomic E-state index is -0.492. The Labute approximate surface area is 233 Å². The molecule has 3 aromatic rings. The van der Waals surface area contributed by atoms with E-state index in [4.69, 9.17) is 32.7 Å². The lowest BCUT2D eigenvalue weighted by atomic mass is 9.97. The van der Waals surface area contributed by atoms with Crippen LogP contribution in [0.4, 0.5) is 10.9 Å². The second-order valence-corrected chi connectivity index (χ2v) is 10.4. The number of amides is 1. The topological polar surface area (TPSA) is 124 Å². The van der Waals surface area contributed by atoms with Crippen molar-refractivity contribution in [2.75, 3.05) is 29.9 Å². The van der Waals surface area contributed by atoms with Crippen LogP contribution in [0, 0.1) is 5.92 Å². The van der Waals surface area contributed by atoms with Gasteiger partial charge in [0.25, 0.3) is 5.91 Å². The zero-order chi connectivity index (χ0) is 27.2. The molecule has 200 valence electrons. The second-order valence-electron chi connectivity index (χ2n) is 8.46. The van der Waals surface area contributed by atoms with E-state index in [2.05, 4.69) is 20.3 Å². The Bertz CT molecular complexity index is 1310. The normalized spacial score (nSPS) is 13.7. The number of anilines is 2. The minimum Gasteiger partial charge on any atom is -0.466 e. The first-order valence-corrected chi connectivity index (χ1v) is 13.4. The fourth-order valence-electron chi connectivity index (χ4n) is 3.95. The van der Waals surface area contributed by atoms with Gasteiger partial charge in [0.15, 0.2) is 5.13 Å². The predicted octanol–water partition coefficient (Wildman–Crippen LogP) is 5.00. The highest BCUT2D eigenvalue weighted by molar-refractivity contribution is 7.16. The SMILES string of the molecule is CCOC(=O)C1CCN(c2cnc(C(=O)Nc3nc(-c4cc(Cl)cc(Cl)c4)c(COC(C)=O)s3)cn2)CC1. The van der Waals surface area contributed by atoms with E-state index in [9.17, 15) is 14.4 Å². The molecular formula is C25H25Cl2N5O5S. The fraction of sp³-hybridized carbons (Fsp3) is 0.360. The minimum absolute atomic E-state index is 0.0241. The van der Waals surface area contributed by atoms with E-state index in [1.807, 2.05) is 4.90 Å². The van der Waals surface area contributed by atoms with Crippen LogP contribution in [0.2, 0.25) is 10.0 Å². The van der Waals surface area contributed by atoms with Crippen molar-refractivity contribution in [1.29, 1.82) is 0 Å². The van der Waals surface area contributed by atoms with Crippen LogP contribution in [-0.2, 0) is 25.7 Å². The fourth-order valence-corrected chi connectivity index (χ4v) is 5.37. The van der Waals surface area contributed by atoms with Crippen LogP contribution in [0.25, 0.3) is 11.3 Å². The van der Waals surface area contributed by atoms with Gasteiger partial charge in [-0.15, -0.1) is 0 Å². The highest BCUT2D eigenvalue weighted by atomic mass is 35.5. The Morgan fingerprint density at radius 2 is 1.79 bits per heavy atom. The summed E-state index contributed by atoms with van der Waals surface area (Å²) in [7, 11) is 0. The number of carbonyl (C=O) groups excluding carboxylic acids is 3. The van der Waals surface area contributed by atoms with Crippen molar-refractivity contribution >= 4 is 63.3 Å². The molecule has 10 nitrogen and oxygen atoms in total. The number of benzene rings is 1. The van der Waals surface area contributed by atoms with Gasteiger partial charge in [0.05, 0.1) is 35.5 Å². The average molecular weight is 578 g/mol. The molecule has 0 spiro atoms. The van der Waals surface area contributed by atoms with Gasteiger partial charge in [0.1, 0.15) is 18.1 Å². The quantitative estimate of drug-likeness (QED) is 0.368. The van der Waals surface area contributed by atoms with E-state index in [1.165, 1.54) is 19.3 Å². The number of thiazole rings is 1. The largest absolute Gasteiger partial charge is 0.466 e. The van der Waals surface area contributed by atoms with Crippen molar-refractivity contribution in [2.24, 2.45) is 5.92 Å². The zero-order valence-electron chi connectivity index (χ0n) is 20.7. The molecule has 1 aliphatic heterocycles. The summed E-state index contributed by atoms with van der Waals surface area (Å²) in [5.74, 6) is -0.582. The highest BCUT2D eigenvalue weighted by Gasteiger charge is 2.27. The molecule has 3 heterocycles. The number of carbonyl (C=O) groups is 3. The van der Waals surface area contributed by atoms with Gasteiger partial charge in [-0.05, 0) is 38.0 Å². The third kappa shape index (κ3) is 6.97. The number of aromatic nitrogens is 3. The van der Waals surface area contributed by atoms with Crippen molar-refractivity contribution in [3.05, 3.63) is 51.2 Å². The van der Waals surface area contributed by atoms with Gasteiger partial charge in [-0.25, -0.2) is 15.0 Å². The Morgan fingerprint density at radius 3 is 2.39 bits per heavy atom. The van der Waals surface area contributed by atoms with Crippen LogP contribution in [0.15, 0.2) is 30.6 Å². The van der Waals surface area contributed by atoms with Crippen LogP contribution < -0.4 is 10.2 Å². The lowest BCUT2D eigenvalue weighted by molar-refractivity contribution is -0.148. The summed E-state index contributed by atoms with van der Waals surface area (Å²) in [4.78, 5) is 52.0. The summed E-state index contributed by atoms with van der Waals surface area (Å²) in [5, 5.41) is 3.86. The number of ether oxygens (including phenoxy) is 2. The first kappa shape index (κ1) is 27.7. The molecule has 13 heteroatoms. The molecule has 4 rings (SSSR count). The van der Waals surface area contributed by atoms with Crippen molar-refractivity contribution in [2.45, 2.75) is 33.3 Å². The van der Waals surface area contributed by atoms with Gasteiger partial charge in [0, 0.05) is 35.6 Å². The van der Waals surface area contributed by atoms with Crippen LogP contribution >= 0.6 is 34.5 Å². The van der Waals surface area contributed by atoms with E-state index >= 15 is 0 Å². The Morgan fingerprint density at radius 1 is 1.08 bits per heavy atom. The van der Waals surface area contributed by atoms with Gasteiger partial charge >= 0.3 is 11.9 Å². The molecule has 1 aromatic carbocycles. The van der Waals surface area contributed by atoms with Crippen molar-refractivity contribution in [1.82, 2.24) is 15.0 Å². The Kier molecular flexibility index (Phi) is 9.13. The van der Waals surface area contributed by atoms with E-state index in [1.54, 1.807) is 25.1 Å². The lowest BCUT2D eigenvalue weighted by Gasteiger charge is -2.31. The Hall–Kier alpha value is -3.28. The number of nitrogens with zero attached hydrogens (tertiary/aromatic N) is 4. The maximum atomic E-state index is 12.9. The van der Waals surface area contributed by atoms with Crippen LogP contribution in [0.5, 0.6) is 0 Å². The average Bonchev–Trinajstić information content (AvgIpc) is 3.30. The molecule has 1 fully saturated rings. The third-order valence-corrected chi connectivity index (χ3v) is 7.15. The summed E-state index contributed by atoms with van der Waals surface area (Å²) >= 11 is 13.5. The molecule has 1 aliphatic rings. The standard InChI is InChI=1S/C25H25Cl2N5O5S/c1-3-36-24(35)15-4-6-32(7-5-15)21-12-28-19(11-29-21)23(34)31-25-30-22(20(38-25)13-37-14(2)33)16-8-17(26)10-18(27)9-16/h8-12,15H,3-7,13H2,1-2H3,(H,30,31,34). The molecule has 0 bridgehead atoms. The molecule has 1 N–H and O–H groups in total. The first-order valence-electron chi connectivity index (χ1n) is 11.9. The number of nitrogens with one attached hydrogen (secondary N) is 1. The Balaban J connectivity index is 1.45. The summed E-state index contributed by atoms with van der Waals surface area (Å²) in [5.41, 5.74) is 1.22. The predicted molar refractivity (Wildman–Crippen MR) is 145 cm³/mol. The molecular weight excluding hydrogens is 553 g/mol. The van der Waals surface area contributed by atoms with Crippen LogP contribution in [-0.4, -0.2) is 52.5 Å². The van der Waals surface area contributed by atoms with E-state index in [0.717, 1.165) is 11.3 Å². The van der Waals surface area contributed by atoms with E-state index in [0.29, 0.717) is 64.5 Å². The van der Waals surface area contributed by atoms with Crippen LogP contribution in [0.1, 0.15) is 42.1 Å². The molecule has 38 heavy (non-hydrogen) atoms. The summed E-state index contributed by atoms with van der Waals surface area (Å²) in [6, 6.07) is 4.97. The van der Waals surface area contributed by atoms with Gasteiger partial charge in [-0.1, -0.05) is 34.5 Å². The summed E-state index contributed by atoms with van der Waals surface area (Å²) in [6.45, 7) is 4.74. The summed E-state index contributed by atoms with van der Waals surface area (Å²) in [6.07, 6.45) is 4.27. The number of halogens is 2. The molecule has 0 radical (unpaired) electrons. The molecule has 0 saturated carbocycles. The van der Waals surface area contributed by atoms with Gasteiger partial charge in [-0.2, -0.15) is 0 Å². The van der Waals surface area contributed by atoms with Gasteiger partial charge < -0.3 is 14.4 Å². The molecule has 0 atom stereocenters. The summed E-state index contributed by atoms with van der Waals surface area (Å²) < 4.78 is 10.3. The monoisotopic (exact) mass is 577 g/mol. The second kappa shape index (κ2) is 12.5.